The Morgan fingerprint density at radius 2 is 2.35 bits per heavy atom. The van der Waals surface area contributed by atoms with Crippen LogP contribution in [0.15, 0.2) is 18.2 Å². The highest BCUT2D eigenvalue weighted by atomic mass is 35.5. The Morgan fingerprint density at radius 1 is 1.60 bits per heavy atom. The van der Waals surface area contributed by atoms with Crippen LogP contribution in [0.5, 0.6) is 5.75 Å². The van der Waals surface area contributed by atoms with Crippen molar-refractivity contribution in [1.29, 1.82) is 0 Å². The molecule has 1 fully saturated rings. The van der Waals surface area contributed by atoms with E-state index in [1.54, 1.807) is 32.4 Å². The van der Waals surface area contributed by atoms with Crippen LogP contribution in [0.4, 0.5) is 4.39 Å². The first-order valence-electron chi connectivity index (χ1n) is 6.44. The van der Waals surface area contributed by atoms with E-state index < -0.39 is 11.6 Å². The van der Waals surface area contributed by atoms with Crippen molar-refractivity contribution in [1.82, 2.24) is 10.2 Å². The van der Waals surface area contributed by atoms with Crippen molar-refractivity contribution in [3.05, 3.63) is 28.8 Å². The van der Waals surface area contributed by atoms with Crippen LogP contribution in [-0.4, -0.2) is 43.7 Å². The average molecular weight is 301 g/mol. The van der Waals surface area contributed by atoms with Gasteiger partial charge in [-0.2, -0.15) is 0 Å². The van der Waals surface area contributed by atoms with Gasteiger partial charge in [0.05, 0.1) is 7.11 Å². The molecule has 0 aliphatic carbocycles. The van der Waals surface area contributed by atoms with Crippen molar-refractivity contribution in [2.75, 3.05) is 27.2 Å². The first-order chi connectivity index (χ1) is 9.46. The maximum atomic E-state index is 14.4. The summed E-state index contributed by atoms with van der Waals surface area (Å²) >= 11 is 5.95. The molecule has 0 radical (unpaired) electrons. The Balaban J connectivity index is 2.13. The lowest BCUT2D eigenvalue weighted by Crippen LogP contribution is -2.45. The van der Waals surface area contributed by atoms with Gasteiger partial charge in [-0.15, -0.1) is 0 Å². The van der Waals surface area contributed by atoms with Crippen molar-refractivity contribution in [2.24, 2.45) is 0 Å². The zero-order valence-electron chi connectivity index (χ0n) is 11.6. The molecule has 6 heteroatoms. The molecule has 20 heavy (non-hydrogen) atoms. The lowest BCUT2D eigenvalue weighted by Gasteiger charge is -2.25. The molecular formula is C14H18ClFN2O2. The van der Waals surface area contributed by atoms with Gasteiger partial charge in [-0.25, -0.2) is 4.39 Å². The van der Waals surface area contributed by atoms with Crippen LogP contribution in [0.2, 0.25) is 5.02 Å². The van der Waals surface area contributed by atoms with Gasteiger partial charge in [0, 0.05) is 37.1 Å². The monoisotopic (exact) mass is 300 g/mol. The van der Waals surface area contributed by atoms with Gasteiger partial charge in [0.15, 0.2) is 0 Å². The first-order valence-corrected chi connectivity index (χ1v) is 6.82. The number of rotatable bonds is 4. The molecule has 1 saturated heterocycles. The number of methoxy groups -OCH3 is 1. The molecule has 1 N–H and O–H groups in total. The first kappa shape index (κ1) is 15.1. The van der Waals surface area contributed by atoms with Gasteiger partial charge in [0.25, 0.3) is 5.91 Å². The second-order valence-corrected chi connectivity index (χ2v) is 5.45. The fourth-order valence-corrected chi connectivity index (χ4v) is 2.58. The summed E-state index contributed by atoms with van der Waals surface area (Å²) in [6, 6.07) is 5.17. The topological polar surface area (TPSA) is 41.6 Å². The second kappa shape index (κ2) is 5.97. The van der Waals surface area contributed by atoms with Crippen LogP contribution in [-0.2, 0) is 11.3 Å². The number of amides is 1. The third-order valence-corrected chi connectivity index (χ3v) is 3.72. The molecule has 4 nitrogen and oxygen atoms in total. The van der Waals surface area contributed by atoms with Crippen LogP contribution < -0.4 is 10.1 Å². The molecule has 1 aromatic carbocycles. The lowest BCUT2D eigenvalue weighted by molar-refractivity contribution is -0.142. The van der Waals surface area contributed by atoms with E-state index in [4.69, 9.17) is 16.3 Å². The average Bonchev–Trinajstić information content (AvgIpc) is 2.86. The number of alkyl halides is 1. The largest absolute Gasteiger partial charge is 0.496 e. The fourth-order valence-electron chi connectivity index (χ4n) is 2.38. The predicted molar refractivity (Wildman–Crippen MR) is 75.8 cm³/mol. The molecule has 0 spiro atoms. The zero-order valence-corrected chi connectivity index (χ0v) is 12.3. The van der Waals surface area contributed by atoms with E-state index in [9.17, 15) is 9.18 Å². The van der Waals surface area contributed by atoms with E-state index in [-0.39, 0.29) is 19.5 Å². The van der Waals surface area contributed by atoms with Crippen LogP contribution >= 0.6 is 11.6 Å². The minimum Gasteiger partial charge on any atom is -0.496 e. The van der Waals surface area contributed by atoms with E-state index >= 15 is 0 Å². The molecule has 1 heterocycles. The highest BCUT2D eigenvalue weighted by Gasteiger charge is 2.43. The molecule has 110 valence electrons. The van der Waals surface area contributed by atoms with Crippen molar-refractivity contribution < 1.29 is 13.9 Å². The smallest absolute Gasteiger partial charge is 0.261 e. The lowest BCUT2D eigenvalue weighted by atomic mass is 10.0. The van der Waals surface area contributed by atoms with Gasteiger partial charge in [0.1, 0.15) is 5.75 Å². The Morgan fingerprint density at radius 3 is 2.95 bits per heavy atom. The maximum absolute atomic E-state index is 14.4. The number of benzene rings is 1. The minimum absolute atomic E-state index is 0.0723. The highest BCUT2D eigenvalue weighted by Crippen LogP contribution is 2.27. The molecule has 1 amide bonds. The summed E-state index contributed by atoms with van der Waals surface area (Å²) in [5.41, 5.74) is -1.05. The Hall–Kier alpha value is -1.33. The number of carbonyl (C=O) groups is 1. The molecule has 2 rings (SSSR count). The molecule has 1 unspecified atom stereocenters. The Labute approximate surface area is 122 Å². The summed E-state index contributed by atoms with van der Waals surface area (Å²) in [5, 5.41) is 3.43. The van der Waals surface area contributed by atoms with Crippen LogP contribution in [0.1, 0.15) is 12.0 Å². The van der Waals surface area contributed by atoms with Gasteiger partial charge < -0.3 is 15.0 Å². The van der Waals surface area contributed by atoms with Gasteiger partial charge in [-0.05, 0) is 24.7 Å². The molecule has 0 bridgehead atoms. The second-order valence-electron chi connectivity index (χ2n) is 5.01. The third-order valence-electron chi connectivity index (χ3n) is 3.48. The zero-order chi connectivity index (χ0) is 14.8. The van der Waals surface area contributed by atoms with Crippen molar-refractivity contribution in [2.45, 2.75) is 18.6 Å². The van der Waals surface area contributed by atoms with Gasteiger partial charge in [-0.1, -0.05) is 11.6 Å². The Kier molecular flexibility index (Phi) is 4.50. The SMILES string of the molecule is COc1ccc(Cl)cc1CN(C)C(=O)C1(F)CCNC1. The normalized spacial score (nSPS) is 21.8. The maximum Gasteiger partial charge on any atom is 0.261 e. The number of hydrogen-bond acceptors (Lipinski definition) is 3. The third kappa shape index (κ3) is 3.04. The van der Waals surface area contributed by atoms with E-state index in [0.29, 0.717) is 17.3 Å². The highest BCUT2D eigenvalue weighted by molar-refractivity contribution is 6.30. The number of ether oxygens (including phenoxy) is 1. The molecule has 1 aliphatic rings. The molecule has 0 saturated carbocycles. The summed E-state index contributed by atoms with van der Waals surface area (Å²) in [6.45, 7) is 0.855. The quantitative estimate of drug-likeness (QED) is 0.925. The summed E-state index contributed by atoms with van der Waals surface area (Å²) in [6.07, 6.45) is 0.211. The van der Waals surface area contributed by atoms with Gasteiger partial charge in [-0.3, -0.25) is 4.79 Å². The fraction of sp³-hybridized carbons (Fsp3) is 0.500. The van der Waals surface area contributed by atoms with E-state index in [0.717, 1.165) is 5.56 Å². The van der Waals surface area contributed by atoms with Crippen LogP contribution in [0, 0.1) is 0 Å². The molecule has 1 aliphatic heterocycles. The van der Waals surface area contributed by atoms with Gasteiger partial charge in [0.2, 0.25) is 5.67 Å². The number of nitrogens with one attached hydrogen (secondary N) is 1. The van der Waals surface area contributed by atoms with E-state index in [1.165, 1.54) is 4.90 Å². The predicted octanol–water partition coefficient (Wildman–Crippen LogP) is 2.01. The van der Waals surface area contributed by atoms with Gasteiger partial charge >= 0.3 is 0 Å². The number of nitrogens with zero attached hydrogens (tertiary/aromatic N) is 1. The standard InChI is InChI=1S/C14H18ClFN2O2/c1-18(13(19)14(16)5-6-17-9-14)8-10-7-11(15)3-4-12(10)20-2/h3-4,7,17H,5-6,8-9H2,1-2H3. The molecular weight excluding hydrogens is 283 g/mol. The summed E-state index contributed by atoms with van der Waals surface area (Å²) in [4.78, 5) is 13.6. The van der Waals surface area contributed by atoms with Crippen molar-refractivity contribution >= 4 is 17.5 Å². The van der Waals surface area contributed by atoms with E-state index in [1.807, 2.05) is 0 Å². The Bertz CT molecular complexity index is 504. The minimum atomic E-state index is -1.80. The molecule has 1 atom stereocenters. The van der Waals surface area contributed by atoms with Crippen molar-refractivity contribution in [3.63, 3.8) is 0 Å². The van der Waals surface area contributed by atoms with Crippen LogP contribution in [0.3, 0.4) is 0 Å². The van der Waals surface area contributed by atoms with Crippen molar-refractivity contribution in [3.8, 4) is 5.75 Å². The van der Waals surface area contributed by atoms with Crippen LogP contribution in [0.25, 0.3) is 0 Å². The number of halogens is 2. The summed E-state index contributed by atoms with van der Waals surface area (Å²) < 4.78 is 19.6. The van der Waals surface area contributed by atoms with E-state index in [2.05, 4.69) is 5.32 Å². The summed E-state index contributed by atoms with van der Waals surface area (Å²) in [7, 11) is 3.13. The molecule has 0 aromatic heterocycles. The number of hydrogen-bond donors (Lipinski definition) is 1. The molecule has 1 aromatic rings. The number of carbonyl (C=O) groups excluding carboxylic acids is 1. The summed E-state index contributed by atoms with van der Waals surface area (Å²) in [5.74, 6) is 0.121.